The molecule has 2 N–H and O–H groups in total. The molecular weight excluding hydrogens is 610 g/mol. The highest BCUT2D eigenvalue weighted by atomic mass is 32.1. The summed E-state index contributed by atoms with van der Waals surface area (Å²) in [6.07, 6.45) is 7.59. The molecule has 2 fully saturated rings. The van der Waals surface area contributed by atoms with Crippen LogP contribution in [0.25, 0.3) is 10.1 Å². The topological polar surface area (TPSA) is 96.3 Å². The molecule has 1 aliphatic heterocycles. The maximum absolute atomic E-state index is 14.5. The summed E-state index contributed by atoms with van der Waals surface area (Å²) in [6, 6.07) is 16.1. The van der Waals surface area contributed by atoms with Crippen LogP contribution in [0, 0.1) is 5.41 Å². The molecule has 8 heteroatoms. The number of carbonyl (C=O) groups excluding carboxylic acids is 2. The van der Waals surface area contributed by atoms with Crippen molar-refractivity contribution >= 4 is 33.3 Å². The van der Waals surface area contributed by atoms with Gasteiger partial charge >= 0.3 is 6.09 Å². The number of ketones is 1. The van der Waals surface area contributed by atoms with Crippen LogP contribution in [0.15, 0.2) is 60.2 Å². The maximum Gasteiger partial charge on any atom is 0.409 e. The fourth-order valence-electron chi connectivity index (χ4n) is 8.19. The first kappa shape index (κ1) is 33.8. The summed E-state index contributed by atoms with van der Waals surface area (Å²) in [5.41, 5.74) is 1.88. The third kappa shape index (κ3) is 7.07. The fourth-order valence-corrected chi connectivity index (χ4v) is 9.21. The Hall–Kier alpha value is -3.04. The summed E-state index contributed by atoms with van der Waals surface area (Å²) in [7, 11) is 0. The highest BCUT2D eigenvalue weighted by Crippen LogP contribution is 2.59. The van der Waals surface area contributed by atoms with Crippen LogP contribution in [-0.4, -0.2) is 71.1 Å². The van der Waals surface area contributed by atoms with E-state index in [2.05, 4.69) is 32.1 Å². The second-order valence-electron chi connectivity index (χ2n) is 14.1. The lowest BCUT2D eigenvalue weighted by atomic mass is 9.64. The zero-order chi connectivity index (χ0) is 33.2. The lowest BCUT2D eigenvalue weighted by molar-refractivity contribution is -0.0851. The number of aliphatic hydroxyl groups excluding tert-OH is 1. The van der Waals surface area contributed by atoms with Crippen LogP contribution in [-0.2, 0) is 15.9 Å². The van der Waals surface area contributed by atoms with E-state index >= 15 is 0 Å². The van der Waals surface area contributed by atoms with Gasteiger partial charge in [-0.2, -0.15) is 0 Å². The number of nitrogens with zero attached hydrogens (tertiary/aromatic N) is 1. The number of benzene rings is 2. The van der Waals surface area contributed by atoms with Crippen LogP contribution in [0.2, 0.25) is 0 Å². The summed E-state index contributed by atoms with van der Waals surface area (Å²) in [5.74, 6) is -0.145. The molecule has 2 bridgehead atoms. The third-order valence-electron chi connectivity index (χ3n) is 11.0. The number of hydrogen-bond donors (Lipinski definition) is 2. The van der Waals surface area contributed by atoms with Crippen LogP contribution in [0.5, 0.6) is 0 Å². The van der Waals surface area contributed by atoms with Crippen LogP contribution in [0.3, 0.4) is 0 Å². The van der Waals surface area contributed by atoms with E-state index in [-0.39, 0.29) is 31.0 Å². The first-order valence-electron chi connectivity index (χ1n) is 17.4. The summed E-state index contributed by atoms with van der Waals surface area (Å²) < 4.78 is 12.5. The van der Waals surface area contributed by atoms with E-state index in [1.54, 1.807) is 11.8 Å². The second kappa shape index (κ2) is 14.2. The van der Waals surface area contributed by atoms with Gasteiger partial charge in [0.1, 0.15) is 0 Å². The quantitative estimate of drug-likeness (QED) is 0.199. The van der Waals surface area contributed by atoms with Crippen LogP contribution >= 0.6 is 11.3 Å². The Bertz CT molecular complexity index is 1590. The van der Waals surface area contributed by atoms with Gasteiger partial charge in [0.15, 0.2) is 0 Å². The lowest BCUT2D eigenvalue weighted by Crippen LogP contribution is -2.55. The van der Waals surface area contributed by atoms with Gasteiger partial charge in [-0.3, -0.25) is 4.79 Å². The number of allylic oxidation sites excluding steroid dienone is 2. The predicted molar refractivity (Wildman–Crippen MR) is 186 cm³/mol. The number of thiophene rings is 1. The van der Waals surface area contributed by atoms with Gasteiger partial charge in [-0.1, -0.05) is 48.9 Å². The molecule has 1 amide bonds. The zero-order valence-corrected chi connectivity index (χ0v) is 28.8. The number of rotatable bonds is 7. The standard InChI is InChI=1S/C39H49NO6S/c1-4-45-37(43)40(24-30-11-8-20-46-30)25-39(44)19-17-33-31-16-14-27(21-29(41)15-13-26(2)9-7-18-38(33,39)3)22-32(31)36(42)35-23-28-10-5-6-12-34(28)47-35/h5-6,9-10,12,14,16,22-23,29-30,33,41,44H,4,7-8,11,13,15,17-21,24-25H2,1-3H3/t29-,30+,33-,38-,39+/m0/s1. The SMILES string of the molecule is CCOC(=O)N(C[C@H]1CCCO1)C[C@]1(O)CC[C@H]2c3ccc(cc3C(=O)c3cc4ccccc4s3)C[C@@H](O)CCC(C)=CCC[C@@]21C. The Labute approximate surface area is 282 Å². The number of hydrogen-bond acceptors (Lipinski definition) is 7. The van der Waals surface area contributed by atoms with Crippen molar-refractivity contribution in [2.75, 3.05) is 26.3 Å². The van der Waals surface area contributed by atoms with Crippen LogP contribution in [0.4, 0.5) is 4.79 Å². The van der Waals surface area contributed by atoms with Gasteiger partial charge < -0.3 is 24.6 Å². The van der Waals surface area contributed by atoms with Crippen molar-refractivity contribution in [3.8, 4) is 0 Å². The van der Waals surface area contributed by atoms with Gasteiger partial charge in [-0.05, 0) is 112 Å². The fraction of sp³-hybridized carbons (Fsp3) is 0.538. The van der Waals surface area contributed by atoms with Gasteiger partial charge in [0.05, 0.1) is 42.4 Å². The highest BCUT2D eigenvalue weighted by molar-refractivity contribution is 7.21. The van der Waals surface area contributed by atoms with E-state index in [1.807, 2.05) is 36.4 Å². The van der Waals surface area contributed by atoms with Crippen molar-refractivity contribution in [1.82, 2.24) is 4.90 Å². The van der Waals surface area contributed by atoms with E-state index in [1.165, 1.54) is 16.9 Å². The Morgan fingerprint density at radius 1 is 1.11 bits per heavy atom. The average molecular weight is 660 g/mol. The average Bonchev–Trinajstić information content (AvgIpc) is 3.78. The second-order valence-corrected chi connectivity index (χ2v) is 15.2. The van der Waals surface area contributed by atoms with Crippen molar-refractivity contribution in [1.29, 1.82) is 0 Å². The van der Waals surface area contributed by atoms with Gasteiger partial charge in [-0.25, -0.2) is 4.79 Å². The van der Waals surface area contributed by atoms with Crippen molar-refractivity contribution in [3.05, 3.63) is 81.7 Å². The maximum atomic E-state index is 14.5. The number of amides is 1. The van der Waals surface area contributed by atoms with Gasteiger partial charge in [0.25, 0.3) is 0 Å². The number of carbonyl (C=O) groups is 2. The largest absolute Gasteiger partial charge is 0.450 e. The number of aliphatic hydroxyl groups is 2. The Kier molecular flexibility index (Phi) is 10.2. The molecule has 7 rings (SSSR count). The van der Waals surface area contributed by atoms with Crippen molar-refractivity contribution in [2.45, 2.75) is 102 Å². The molecule has 1 aromatic heterocycles. The molecular formula is C39H49NO6S. The van der Waals surface area contributed by atoms with E-state index in [0.29, 0.717) is 55.7 Å². The summed E-state index contributed by atoms with van der Waals surface area (Å²) in [6.45, 7) is 7.53. The first-order chi connectivity index (χ1) is 22.6. The van der Waals surface area contributed by atoms with Gasteiger partial charge in [0, 0.05) is 22.3 Å². The molecule has 0 radical (unpaired) electrons. The van der Waals surface area contributed by atoms with Crippen molar-refractivity contribution < 1.29 is 29.3 Å². The summed E-state index contributed by atoms with van der Waals surface area (Å²) in [5, 5.41) is 24.8. The molecule has 1 saturated heterocycles. The van der Waals surface area contributed by atoms with Crippen LogP contribution in [0.1, 0.15) is 104 Å². The van der Waals surface area contributed by atoms with Crippen LogP contribution < -0.4 is 0 Å². The van der Waals surface area contributed by atoms with E-state index in [9.17, 15) is 19.8 Å². The normalized spacial score (nSPS) is 28.1. The minimum absolute atomic E-state index is 0.0234. The molecule has 0 unspecified atom stereocenters. The highest BCUT2D eigenvalue weighted by Gasteiger charge is 2.58. The van der Waals surface area contributed by atoms with E-state index in [0.717, 1.165) is 46.9 Å². The predicted octanol–water partition coefficient (Wildman–Crippen LogP) is 7.81. The number of ether oxygens (including phenoxy) is 2. The molecule has 7 nitrogen and oxygen atoms in total. The molecule has 5 atom stereocenters. The molecule has 1 saturated carbocycles. The molecule has 4 aliphatic rings. The smallest absolute Gasteiger partial charge is 0.409 e. The van der Waals surface area contributed by atoms with E-state index < -0.39 is 23.2 Å². The van der Waals surface area contributed by atoms with Gasteiger partial charge in [0.2, 0.25) is 5.78 Å². The Morgan fingerprint density at radius 2 is 1.94 bits per heavy atom. The third-order valence-corrected chi connectivity index (χ3v) is 12.1. The minimum Gasteiger partial charge on any atom is -0.450 e. The summed E-state index contributed by atoms with van der Waals surface area (Å²) >= 11 is 1.50. The summed E-state index contributed by atoms with van der Waals surface area (Å²) in [4.78, 5) is 30.1. The molecule has 0 spiro atoms. The molecule has 2 heterocycles. The monoisotopic (exact) mass is 659 g/mol. The first-order valence-corrected chi connectivity index (χ1v) is 18.2. The zero-order valence-electron chi connectivity index (χ0n) is 28.0. The minimum atomic E-state index is -1.21. The Morgan fingerprint density at radius 3 is 2.70 bits per heavy atom. The molecule has 47 heavy (non-hydrogen) atoms. The number of fused-ring (bicyclic) bond motifs is 9. The molecule has 3 aliphatic carbocycles. The van der Waals surface area contributed by atoms with E-state index in [4.69, 9.17) is 9.47 Å². The molecule has 3 aromatic rings. The molecule has 2 aromatic carbocycles. The Balaban J connectivity index is 1.42. The van der Waals surface area contributed by atoms with Crippen molar-refractivity contribution in [3.63, 3.8) is 0 Å². The molecule has 252 valence electrons. The van der Waals surface area contributed by atoms with Crippen molar-refractivity contribution in [2.24, 2.45) is 5.41 Å². The lowest BCUT2D eigenvalue weighted by Gasteiger charge is -2.46. The van der Waals surface area contributed by atoms with Gasteiger partial charge in [-0.15, -0.1) is 11.3 Å².